The molecule has 2 aromatic heterocycles. The van der Waals surface area contributed by atoms with Crippen molar-refractivity contribution in [1.82, 2.24) is 19.9 Å². The number of piperazine rings is 1. The highest BCUT2D eigenvalue weighted by Crippen LogP contribution is 2.22. The number of hydrogen-bond acceptors (Lipinski definition) is 6. The molecule has 0 atom stereocenters. The van der Waals surface area contributed by atoms with Crippen molar-refractivity contribution < 1.29 is 9.21 Å². The van der Waals surface area contributed by atoms with E-state index in [2.05, 4.69) is 14.9 Å². The van der Waals surface area contributed by atoms with E-state index in [9.17, 15) is 4.79 Å². The zero-order valence-electron chi connectivity index (χ0n) is 15.5. The third-order valence-corrected chi connectivity index (χ3v) is 5.16. The molecule has 0 saturated carbocycles. The van der Waals surface area contributed by atoms with Crippen LogP contribution >= 0.6 is 0 Å². The first-order chi connectivity index (χ1) is 13.7. The minimum atomic E-state index is 0.0193. The van der Waals surface area contributed by atoms with E-state index in [1.807, 2.05) is 36.1 Å². The van der Waals surface area contributed by atoms with Gasteiger partial charge in [0.05, 0.1) is 16.7 Å². The quantitative estimate of drug-likeness (QED) is 0.538. The highest BCUT2D eigenvalue weighted by Gasteiger charge is 2.24. The Bertz CT molecular complexity index is 1180. The van der Waals surface area contributed by atoms with Crippen LogP contribution in [0.4, 0.5) is 5.82 Å². The normalized spacial score (nSPS) is 14.8. The van der Waals surface area contributed by atoms with Crippen molar-refractivity contribution in [2.75, 3.05) is 31.1 Å². The number of aromatic nitrogens is 3. The molecule has 1 saturated heterocycles. The summed E-state index contributed by atoms with van der Waals surface area (Å²) in [6.07, 6.45) is 1.39. The molecule has 1 fully saturated rings. The molecule has 0 bridgehead atoms. The Morgan fingerprint density at radius 3 is 2.50 bits per heavy atom. The van der Waals surface area contributed by atoms with Crippen LogP contribution in [0.3, 0.4) is 0 Å². The fraction of sp³-hybridized carbons (Fsp3) is 0.238. The maximum atomic E-state index is 12.9. The van der Waals surface area contributed by atoms with Gasteiger partial charge in [-0.3, -0.25) is 4.79 Å². The van der Waals surface area contributed by atoms with Gasteiger partial charge in [0, 0.05) is 31.7 Å². The summed E-state index contributed by atoms with van der Waals surface area (Å²) >= 11 is 0. The number of para-hydroxylation sites is 2. The third-order valence-electron chi connectivity index (χ3n) is 5.16. The first-order valence-corrected chi connectivity index (χ1v) is 9.30. The number of oxazole rings is 1. The Kier molecular flexibility index (Phi) is 3.93. The van der Waals surface area contributed by atoms with Crippen LogP contribution in [-0.4, -0.2) is 51.9 Å². The van der Waals surface area contributed by atoms with Gasteiger partial charge in [0.2, 0.25) is 0 Å². The molecule has 0 radical (unpaired) electrons. The number of hydrogen-bond donors (Lipinski definition) is 0. The third kappa shape index (κ3) is 2.85. The van der Waals surface area contributed by atoms with Gasteiger partial charge in [-0.15, -0.1) is 0 Å². The molecule has 3 heterocycles. The van der Waals surface area contributed by atoms with E-state index >= 15 is 0 Å². The second kappa shape index (κ2) is 6.60. The van der Waals surface area contributed by atoms with E-state index in [1.54, 1.807) is 18.2 Å². The molecule has 1 aliphatic rings. The van der Waals surface area contributed by atoms with Crippen molar-refractivity contribution >= 4 is 33.9 Å². The van der Waals surface area contributed by atoms with Gasteiger partial charge < -0.3 is 14.2 Å². The molecule has 1 aliphatic heterocycles. The average Bonchev–Trinajstić information content (AvgIpc) is 3.21. The van der Waals surface area contributed by atoms with Gasteiger partial charge in [0.1, 0.15) is 5.52 Å². The topological polar surface area (TPSA) is 75.4 Å². The highest BCUT2D eigenvalue weighted by molar-refractivity contribution is 5.97. The Morgan fingerprint density at radius 1 is 0.964 bits per heavy atom. The summed E-state index contributed by atoms with van der Waals surface area (Å²) in [5.41, 5.74) is 4.73. The van der Waals surface area contributed by atoms with Crippen LogP contribution in [0.1, 0.15) is 16.1 Å². The summed E-state index contributed by atoms with van der Waals surface area (Å²) in [5, 5.41) is 0. The standard InChI is InChI=1S/C21H19N5O2/c1-14-20(24-17-5-3-2-4-16(17)23-14)25-8-10-26(11-9-25)21(27)15-6-7-19-18(12-15)22-13-28-19/h2-7,12-13H,8-11H2,1H3. The van der Waals surface area contributed by atoms with Gasteiger partial charge in [0.25, 0.3) is 5.91 Å². The van der Waals surface area contributed by atoms with Gasteiger partial charge in [-0.2, -0.15) is 0 Å². The number of benzene rings is 2. The van der Waals surface area contributed by atoms with Gasteiger partial charge in [0.15, 0.2) is 17.8 Å². The van der Waals surface area contributed by atoms with Crippen molar-refractivity contribution in [3.63, 3.8) is 0 Å². The van der Waals surface area contributed by atoms with Crippen LogP contribution in [0.25, 0.3) is 22.1 Å². The molecular weight excluding hydrogens is 354 g/mol. The van der Waals surface area contributed by atoms with E-state index in [0.717, 1.165) is 35.6 Å². The average molecular weight is 373 g/mol. The Balaban J connectivity index is 1.33. The summed E-state index contributed by atoms with van der Waals surface area (Å²) in [4.78, 5) is 30.6. The molecule has 28 heavy (non-hydrogen) atoms. The molecule has 1 amide bonds. The summed E-state index contributed by atoms with van der Waals surface area (Å²) in [5.74, 6) is 0.917. The lowest BCUT2D eigenvalue weighted by Gasteiger charge is -2.36. The van der Waals surface area contributed by atoms with Crippen LogP contribution < -0.4 is 4.90 Å². The smallest absolute Gasteiger partial charge is 0.254 e. The summed E-state index contributed by atoms with van der Waals surface area (Å²) in [7, 11) is 0. The summed E-state index contributed by atoms with van der Waals surface area (Å²) in [6, 6.07) is 13.3. The Morgan fingerprint density at radius 2 is 1.71 bits per heavy atom. The van der Waals surface area contributed by atoms with Crippen molar-refractivity contribution in [2.24, 2.45) is 0 Å². The van der Waals surface area contributed by atoms with Gasteiger partial charge in [-0.1, -0.05) is 12.1 Å². The summed E-state index contributed by atoms with van der Waals surface area (Å²) in [6.45, 7) is 4.73. The molecule has 7 heteroatoms. The van der Waals surface area contributed by atoms with Crippen LogP contribution in [0.2, 0.25) is 0 Å². The molecule has 2 aromatic carbocycles. The van der Waals surface area contributed by atoms with Crippen molar-refractivity contribution in [3.8, 4) is 0 Å². The first-order valence-electron chi connectivity index (χ1n) is 9.30. The van der Waals surface area contributed by atoms with E-state index in [-0.39, 0.29) is 5.91 Å². The molecule has 7 nitrogen and oxygen atoms in total. The lowest BCUT2D eigenvalue weighted by atomic mass is 10.1. The second-order valence-electron chi connectivity index (χ2n) is 6.94. The number of rotatable bonds is 2. The largest absolute Gasteiger partial charge is 0.443 e. The number of anilines is 1. The maximum absolute atomic E-state index is 12.9. The van der Waals surface area contributed by atoms with Crippen molar-refractivity contribution in [1.29, 1.82) is 0 Å². The van der Waals surface area contributed by atoms with Crippen LogP contribution in [0.5, 0.6) is 0 Å². The molecule has 0 spiro atoms. The predicted molar refractivity (Wildman–Crippen MR) is 106 cm³/mol. The second-order valence-corrected chi connectivity index (χ2v) is 6.94. The zero-order chi connectivity index (χ0) is 19.1. The van der Waals surface area contributed by atoms with Crippen molar-refractivity contribution in [2.45, 2.75) is 6.92 Å². The van der Waals surface area contributed by atoms with Gasteiger partial charge >= 0.3 is 0 Å². The Hall–Kier alpha value is -3.48. The number of aryl methyl sites for hydroxylation is 1. The van der Waals surface area contributed by atoms with Crippen LogP contribution in [0.15, 0.2) is 53.3 Å². The first kappa shape index (κ1) is 16.7. The number of carbonyl (C=O) groups is 1. The SMILES string of the molecule is Cc1nc2ccccc2nc1N1CCN(C(=O)c2ccc3ocnc3c2)CC1. The minimum Gasteiger partial charge on any atom is -0.443 e. The predicted octanol–water partition coefficient (Wildman–Crippen LogP) is 3.04. The molecule has 5 rings (SSSR count). The lowest BCUT2D eigenvalue weighted by Crippen LogP contribution is -2.49. The number of nitrogens with zero attached hydrogens (tertiary/aromatic N) is 5. The van der Waals surface area contributed by atoms with Crippen molar-refractivity contribution in [3.05, 3.63) is 60.1 Å². The van der Waals surface area contributed by atoms with E-state index in [1.165, 1.54) is 6.39 Å². The Labute approximate surface area is 161 Å². The van der Waals surface area contributed by atoms with Crippen LogP contribution in [0, 0.1) is 6.92 Å². The highest BCUT2D eigenvalue weighted by atomic mass is 16.3. The monoisotopic (exact) mass is 373 g/mol. The molecule has 140 valence electrons. The number of carbonyl (C=O) groups excluding carboxylic acids is 1. The van der Waals surface area contributed by atoms with E-state index in [4.69, 9.17) is 9.40 Å². The lowest BCUT2D eigenvalue weighted by molar-refractivity contribution is 0.0746. The van der Waals surface area contributed by atoms with E-state index < -0.39 is 0 Å². The minimum absolute atomic E-state index is 0.0193. The molecular formula is C21H19N5O2. The molecule has 0 aliphatic carbocycles. The van der Waals surface area contributed by atoms with Crippen LogP contribution in [-0.2, 0) is 0 Å². The van der Waals surface area contributed by atoms with E-state index in [0.29, 0.717) is 29.8 Å². The zero-order valence-corrected chi connectivity index (χ0v) is 15.5. The number of fused-ring (bicyclic) bond motifs is 2. The summed E-state index contributed by atoms with van der Waals surface area (Å²) < 4.78 is 5.25. The van der Waals surface area contributed by atoms with Gasteiger partial charge in [-0.25, -0.2) is 15.0 Å². The molecule has 4 aromatic rings. The fourth-order valence-corrected chi connectivity index (χ4v) is 3.67. The number of amides is 1. The molecule has 0 unspecified atom stereocenters. The molecule has 0 N–H and O–H groups in total. The fourth-order valence-electron chi connectivity index (χ4n) is 3.67. The maximum Gasteiger partial charge on any atom is 0.254 e. The van der Waals surface area contributed by atoms with Gasteiger partial charge in [-0.05, 0) is 37.3 Å².